The molecule has 0 aliphatic rings. The van der Waals surface area contributed by atoms with Gasteiger partial charge in [-0.3, -0.25) is 0 Å². The van der Waals surface area contributed by atoms with E-state index in [0.29, 0.717) is 6.61 Å². The molecule has 0 aliphatic carbocycles. The van der Waals surface area contributed by atoms with Crippen molar-refractivity contribution in [2.45, 2.75) is 13.3 Å². The van der Waals surface area contributed by atoms with Crippen LogP contribution >= 0.6 is 0 Å². The van der Waals surface area contributed by atoms with Crippen LogP contribution in [-0.2, 0) is 9.53 Å². The summed E-state index contributed by atoms with van der Waals surface area (Å²) in [7, 11) is 0. The van der Waals surface area contributed by atoms with Gasteiger partial charge in [-0.1, -0.05) is 43.3 Å². The van der Waals surface area contributed by atoms with Crippen LogP contribution in [0.15, 0.2) is 54.6 Å². The summed E-state index contributed by atoms with van der Waals surface area (Å²) in [4.78, 5) is 16.4. The molecule has 0 amide bonds. The quantitative estimate of drug-likeness (QED) is 0.407. The second kappa shape index (κ2) is 6.39. The van der Waals surface area contributed by atoms with Gasteiger partial charge in [0.2, 0.25) is 0 Å². The van der Waals surface area contributed by atoms with Crippen LogP contribution in [0.5, 0.6) is 0 Å². The van der Waals surface area contributed by atoms with Gasteiger partial charge >= 0.3 is 5.97 Å². The molecular weight excluding hydrogens is 274 g/mol. The van der Waals surface area contributed by atoms with Gasteiger partial charge in [0.25, 0.3) is 0 Å². The van der Waals surface area contributed by atoms with Gasteiger partial charge in [0, 0.05) is 16.8 Å². The number of benzene rings is 2. The van der Waals surface area contributed by atoms with E-state index < -0.39 is 0 Å². The number of carbonyl (C=O) groups is 1. The summed E-state index contributed by atoms with van der Waals surface area (Å²) in [5.41, 5.74) is 2.83. The number of rotatable bonds is 4. The average Bonchev–Trinajstić information content (AvgIpc) is 2.56. The minimum Gasteiger partial charge on any atom is -0.463 e. The minimum atomic E-state index is -0.313. The van der Waals surface area contributed by atoms with Gasteiger partial charge in [0.05, 0.1) is 17.6 Å². The van der Waals surface area contributed by atoms with Crippen LogP contribution in [0.4, 0.5) is 0 Å². The first kappa shape index (κ1) is 14.3. The van der Waals surface area contributed by atoms with Crippen LogP contribution in [0.2, 0.25) is 0 Å². The molecular formula is C19H17NO2. The number of aromatic nitrogens is 1. The smallest absolute Gasteiger partial charge is 0.330 e. The number of pyridine rings is 1. The van der Waals surface area contributed by atoms with Gasteiger partial charge < -0.3 is 4.74 Å². The third-order valence-electron chi connectivity index (χ3n) is 3.46. The van der Waals surface area contributed by atoms with E-state index in [4.69, 9.17) is 4.74 Å². The number of para-hydroxylation sites is 2. The molecule has 3 rings (SSSR count). The largest absolute Gasteiger partial charge is 0.463 e. The van der Waals surface area contributed by atoms with Crippen molar-refractivity contribution >= 4 is 33.9 Å². The second-order valence-electron chi connectivity index (χ2n) is 5.06. The zero-order chi connectivity index (χ0) is 15.4. The van der Waals surface area contributed by atoms with Gasteiger partial charge in [0.1, 0.15) is 0 Å². The van der Waals surface area contributed by atoms with Crippen molar-refractivity contribution in [1.29, 1.82) is 0 Å². The molecule has 0 N–H and O–H groups in total. The van der Waals surface area contributed by atoms with Crippen molar-refractivity contribution in [3.8, 4) is 0 Å². The topological polar surface area (TPSA) is 39.2 Å². The fraction of sp³-hybridized carbons (Fsp3) is 0.158. The van der Waals surface area contributed by atoms with Crippen molar-refractivity contribution in [3.05, 3.63) is 60.2 Å². The van der Waals surface area contributed by atoms with Crippen molar-refractivity contribution in [2.75, 3.05) is 6.61 Å². The molecule has 110 valence electrons. The Balaban J connectivity index is 2.12. The lowest BCUT2D eigenvalue weighted by Crippen LogP contribution is -2.00. The summed E-state index contributed by atoms with van der Waals surface area (Å²) in [6, 6.07) is 15.9. The molecule has 22 heavy (non-hydrogen) atoms. The maximum Gasteiger partial charge on any atom is 0.330 e. The van der Waals surface area contributed by atoms with Crippen LogP contribution < -0.4 is 0 Å². The van der Waals surface area contributed by atoms with Crippen molar-refractivity contribution in [1.82, 2.24) is 4.98 Å². The van der Waals surface area contributed by atoms with Crippen LogP contribution in [0.1, 0.15) is 18.9 Å². The second-order valence-corrected chi connectivity index (χ2v) is 5.06. The van der Waals surface area contributed by atoms with Gasteiger partial charge in [-0.05, 0) is 30.2 Å². The SMILES string of the molecule is CCCOC(=O)C=Cc1c2ccccc2nc2ccccc12. The van der Waals surface area contributed by atoms with Crippen molar-refractivity contribution < 1.29 is 9.53 Å². The van der Waals surface area contributed by atoms with Crippen molar-refractivity contribution in [3.63, 3.8) is 0 Å². The van der Waals surface area contributed by atoms with Gasteiger partial charge in [0.15, 0.2) is 0 Å². The summed E-state index contributed by atoms with van der Waals surface area (Å²) in [6.07, 6.45) is 4.13. The molecule has 0 fully saturated rings. The molecule has 0 atom stereocenters. The van der Waals surface area contributed by atoms with Gasteiger partial charge in [-0.2, -0.15) is 0 Å². The summed E-state index contributed by atoms with van der Waals surface area (Å²) >= 11 is 0. The number of esters is 1. The van der Waals surface area contributed by atoms with Crippen molar-refractivity contribution in [2.24, 2.45) is 0 Å². The lowest BCUT2D eigenvalue weighted by Gasteiger charge is -2.07. The first-order valence-corrected chi connectivity index (χ1v) is 7.42. The molecule has 3 nitrogen and oxygen atoms in total. The molecule has 2 aromatic carbocycles. The zero-order valence-electron chi connectivity index (χ0n) is 12.5. The summed E-state index contributed by atoms with van der Waals surface area (Å²) in [5.74, 6) is -0.313. The Bertz CT molecular complexity index is 798. The lowest BCUT2D eigenvalue weighted by atomic mass is 10.0. The first-order chi connectivity index (χ1) is 10.8. The van der Waals surface area contributed by atoms with E-state index in [2.05, 4.69) is 4.98 Å². The third-order valence-corrected chi connectivity index (χ3v) is 3.46. The fourth-order valence-corrected chi connectivity index (χ4v) is 2.45. The Morgan fingerprint density at radius 2 is 1.64 bits per heavy atom. The Hall–Kier alpha value is -2.68. The Morgan fingerprint density at radius 1 is 1.05 bits per heavy atom. The summed E-state index contributed by atoms with van der Waals surface area (Å²) in [5, 5.41) is 2.06. The molecule has 0 spiro atoms. The van der Waals surface area contributed by atoms with E-state index in [-0.39, 0.29) is 5.97 Å². The van der Waals surface area contributed by atoms with Crippen LogP contribution in [-0.4, -0.2) is 17.6 Å². The van der Waals surface area contributed by atoms with Gasteiger partial charge in [-0.15, -0.1) is 0 Å². The monoisotopic (exact) mass is 291 g/mol. The number of hydrogen-bond donors (Lipinski definition) is 0. The van der Waals surface area contributed by atoms with Crippen LogP contribution in [0.25, 0.3) is 27.9 Å². The summed E-state index contributed by atoms with van der Waals surface area (Å²) in [6.45, 7) is 2.42. The van der Waals surface area contributed by atoms with Crippen LogP contribution in [0, 0.1) is 0 Å². The van der Waals surface area contributed by atoms with E-state index in [1.54, 1.807) is 0 Å². The molecule has 1 aromatic heterocycles. The highest BCUT2D eigenvalue weighted by atomic mass is 16.5. The number of hydrogen-bond acceptors (Lipinski definition) is 3. The molecule has 0 saturated heterocycles. The molecule has 0 aliphatic heterocycles. The molecule has 0 radical (unpaired) electrons. The Morgan fingerprint density at radius 3 is 2.23 bits per heavy atom. The summed E-state index contributed by atoms with van der Waals surface area (Å²) < 4.78 is 5.10. The molecule has 0 bridgehead atoms. The minimum absolute atomic E-state index is 0.313. The standard InChI is InChI=1S/C19H17NO2/c1-2-13-22-19(21)12-11-14-15-7-3-5-9-17(15)20-18-10-6-4-8-16(14)18/h3-12H,2,13H2,1H3. The lowest BCUT2D eigenvalue weighted by molar-refractivity contribution is -0.137. The van der Waals surface area contributed by atoms with E-state index in [9.17, 15) is 4.79 Å². The van der Waals surface area contributed by atoms with Crippen LogP contribution in [0.3, 0.4) is 0 Å². The number of carbonyl (C=O) groups excluding carboxylic acids is 1. The highest BCUT2D eigenvalue weighted by Crippen LogP contribution is 2.26. The zero-order valence-corrected chi connectivity index (χ0v) is 12.5. The molecule has 3 aromatic rings. The highest BCUT2D eigenvalue weighted by molar-refractivity contribution is 6.04. The fourth-order valence-electron chi connectivity index (χ4n) is 2.45. The Labute approximate surface area is 129 Å². The highest BCUT2D eigenvalue weighted by Gasteiger charge is 2.06. The maximum atomic E-state index is 11.7. The van der Waals surface area contributed by atoms with E-state index in [0.717, 1.165) is 33.8 Å². The molecule has 0 saturated carbocycles. The average molecular weight is 291 g/mol. The van der Waals surface area contributed by atoms with Gasteiger partial charge in [-0.25, -0.2) is 9.78 Å². The molecule has 1 heterocycles. The van der Waals surface area contributed by atoms with E-state index in [1.165, 1.54) is 6.08 Å². The predicted molar refractivity (Wildman–Crippen MR) is 89.5 cm³/mol. The number of nitrogens with zero attached hydrogens (tertiary/aromatic N) is 1. The predicted octanol–water partition coefficient (Wildman–Crippen LogP) is 4.35. The van der Waals surface area contributed by atoms with E-state index >= 15 is 0 Å². The maximum absolute atomic E-state index is 11.7. The Kier molecular flexibility index (Phi) is 4.15. The normalized spacial score (nSPS) is 11.3. The molecule has 3 heteroatoms. The number of ether oxygens (including phenoxy) is 1. The van der Waals surface area contributed by atoms with E-state index in [1.807, 2.05) is 61.5 Å². The first-order valence-electron chi connectivity index (χ1n) is 7.42. The molecule has 0 unspecified atom stereocenters. The third kappa shape index (κ3) is 2.84. The number of fused-ring (bicyclic) bond motifs is 2.